The zero-order chi connectivity index (χ0) is 28.0. The van der Waals surface area contributed by atoms with E-state index in [-0.39, 0.29) is 5.91 Å². The molecule has 1 amide bonds. The molecule has 1 aliphatic rings. The van der Waals surface area contributed by atoms with E-state index in [4.69, 9.17) is 4.99 Å². The first kappa shape index (κ1) is 26.0. The molecule has 2 N–H and O–H groups in total. The molecule has 1 unspecified atom stereocenters. The Morgan fingerprint density at radius 1 is 1.08 bits per heavy atom. The predicted octanol–water partition coefficient (Wildman–Crippen LogP) is 5.36. The number of carbonyl (C=O) groups is 2. The van der Waals surface area contributed by atoms with Crippen LogP contribution in [0.25, 0.3) is 16.1 Å². The molecule has 2 aromatic heterocycles. The number of aromatic nitrogens is 3. The zero-order valence-electron chi connectivity index (χ0n) is 22.1. The third kappa shape index (κ3) is 4.51. The van der Waals surface area contributed by atoms with Crippen molar-refractivity contribution in [2.45, 2.75) is 40.7 Å². The summed E-state index contributed by atoms with van der Waals surface area (Å²) in [6.45, 7) is 9.01. The number of aliphatic carboxylic acids is 1. The second-order valence-corrected chi connectivity index (χ2v) is 10.8. The van der Waals surface area contributed by atoms with Crippen molar-refractivity contribution in [1.29, 1.82) is 5.26 Å². The van der Waals surface area contributed by atoms with Gasteiger partial charge in [-0.25, -0.2) is 0 Å². The molecule has 0 radical (unpaired) electrons. The van der Waals surface area contributed by atoms with Gasteiger partial charge in [-0.1, -0.05) is 30.3 Å². The van der Waals surface area contributed by atoms with Crippen LogP contribution in [0.4, 0.5) is 5.69 Å². The number of carboxylic acid groups (broad SMARTS) is 1. The van der Waals surface area contributed by atoms with Gasteiger partial charge in [0.2, 0.25) is 5.91 Å². The summed E-state index contributed by atoms with van der Waals surface area (Å²) in [6.07, 6.45) is 0. The normalized spacial score (nSPS) is 14.9. The Morgan fingerprint density at radius 2 is 1.74 bits per heavy atom. The van der Waals surface area contributed by atoms with E-state index in [1.165, 1.54) is 6.92 Å². The molecular weight excluding hydrogens is 512 g/mol. The van der Waals surface area contributed by atoms with Gasteiger partial charge in [-0.05, 0) is 56.5 Å². The molecule has 5 rings (SSSR count). The summed E-state index contributed by atoms with van der Waals surface area (Å²) >= 11 is 1.62. The Morgan fingerprint density at radius 3 is 2.38 bits per heavy atom. The van der Waals surface area contributed by atoms with Crippen molar-refractivity contribution in [1.82, 2.24) is 14.8 Å². The van der Waals surface area contributed by atoms with Gasteiger partial charge in [0, 0.05) is 22.9 Å². The summed E-state index contributed by atoms with van der Waals surface area (Å²) in [6, 6.07) is 14.6. The third-order valence-corrected chi connectivity index (χ3v) is 8.19. The van der Waals surface area contributed by atoms with Crippen molar-refractivity contribution >= 4 is 34.6 Å². The van der Waals surface area contributed by atoms with Crippen LogP contribution in [0.1, 0.15) is 58.7 Å². The average molecular weight is 539 g/mol. The van der Waals surface area contributed by atoms with Crippen LogP contribution in [-0.4, -0.2) is 37.5 Å². The van der Waals surface area contributed by atoms with Crippen molar-refractivity contribution in [3.8, 4) is 22.2 Å². The summed E-state index contributed by atoms with van der Waals surface area (Å²) in [4.78, 5) is 29.7. The van der Waals surface area contributed by atoms with Gasteiger partial charge in [0.25, 0.3) is 0 Å². The minimum absolute atomic E-state index is 0.241. The van der Waals surface area contributed by atoms with Gasteiger partial charge in [-0.2, -0.15) is 5.26 Å². The molecule has 0 saturated heterocycles. The molecule has 0 aliphatic carbocycles. The molecule has 0 bridgehead atoms. The van der Waals surface area contributed by atoms with Crippen molar-refractivity contribution in [3.05, 3.63) is 81.2 Å². The maximum Gasteiger partial charge on any atom is 0.308 e. The second kappa shape index (κ2) is 9.93. The summed E-state index contributed by atoms with van der Waals surface area (Å²) in [5.74, 6) is -0.824. The monoisotopic (exact) mass is 538 g/mol. The predicted molar refractivity (Wildman–Crippen MR) is 150 cm³/mol. The van der Waals surface area contributed by atoms with E-state index < -0.39 is 17.9 Å². The fraction of sp³-hybridized carbons (Fsp3) is 0.241. The van der Waals surface area contributed by atoms with Crippen LogP contribution in [0.5, 0.6) is 0 Å². The van der Waals surface area contributed by atoms with Crippen LogP contribution in [0, 0.1) is 38.0 Å². The molecule has 9 nitrogen and oxygen atoms in total. The maximum atomic E-state index is 12.1. The molecule has 4 aromatic rings. The van der Waals surface area contributed by atoms with Crippen LogP contribution in [0.3, 0.4) is 0 Å². The molecule has 2 aromatic carbocycles. The van der Waals surface area contributed by atoms with Gasteiger partial charge < -0.3 is 10.4 Å². The van der Waals surface area contributed by atoms with Gasteiger partial charge in [-0.15, -0.1) is 21.5 Å². The first-order valence-corrected chi connectivity index (χ1v) is 13.2. The van der Waals surface area contributed by atoms with Crippen LogP contribution < -0.4 is 5.32 Å². The number of fused-ring (bicyclic) bond motifs is 3. The summed E-state index contributed by atoms with van der Waals surface area (Å²) in [7, 11) is 0. The Bertz CT molecular complexity index is 1710. The number of hydrogen-bond acceptors (Lipinski definition) is 7. The molecule has 10 heteroatoms. The number of nitrogens with zero attached hydrogens (tertiary/aromatic N) is 5. The number of carbonyl (C=O) groups excluding carboxylic acids is 1. The third-order valence-electron chi connectivity index (χ3n) is 6.99. The highest BCUT2D eigenvalue weighted by Gasteiger charge is 2.36. The first-order valence-electron chi connectivity index (χ1n) is 12.4. The van der Waals surface area contributed by atoms with E-state index in [0.717, 1.165) is 37.7 Å². The molecule has 0 spiro atoms. The highest BCUT2D eigenvalue weighted by Crippen LogP contribution is 2.40. The van der Waals surface area contributed by atoms with Crippen molar-refractivity contribution < 1.29 is 14.7 Å². The largest absolute Gasteiger partial charge is 0.481 e. The smallest absolute Gasteiger partial charge is 0.308 e. The minimum atomic E-state index is -0.959. The number of hydrogen-bond donors (Lipinski definition) is 2. The van der Waals surface area contributed by atoms with Gasteiger partial charge in [0.1, 0.15) is 22.9 Å². The topological polar surface area (TPSA) is 133 Å². The van der Waals surface area contributed by atoms with Crippen LogP contribution in [-0.2, 0) is 9.59 Å². The number of nitriles is 1. The fourth-order valence-corrected chi connectivity index (χ4v) is 5.97. The van der Waals surface area contributed by atoms with E-state index >= 15 is 0 Å². The molecule has 196 valence electrons. The van der Waals surface area contributed by atoms with E-state index in [1.54, 1.807) is 30.4 Å². The average Bonchev–Trinajstić information content (AvgIpc) is 3.38. The molecule has 3 heterocycles. The number of benzene rings is 2. The standard InChI is InChI=1S/C29H26N6O3S/c1-14-16(3)39-28-24(14)26(32-25(15(2)29(37)38)27-34-33-17(4)35(27)28)20-8-6-19(7-9-20)21-10-11-23(31-18(5)36)22(12-21)13-30/h6-12,15,25H,1-5H3,(H,31,36)(H,37,38)/t15?,25-/m0/s1. The summed E-state index contributed by atoms with van der Waals surface area (Å²) in [5.41, 5.74) is 6.13. The van der Waals surface area contributed by atoms with E-state index in [9.17, 15) is 20.0 Å². The number of thiophene rings is 1. The van der Waals surface area contributed by atoms with Crippen molar-refractivity contribution in [2.75, 3.05) is 5.32 Å². The number of aryl methyl sites for hydroxylation is 2. The Labute approximate surface area is 229 Å². The Kier molecular flexibility index (Phi) is 6.62. The molecule has 2 atom stereocenters. The van der Waals surface area contributed by atoms with Crippen molar-refractivity contribution in [3.63, 3.8) is 0 Å². The maximum absolute atomic E-state index is 12.1. The molecule has 0 saturated carbocycles. The lowest BCUT2D eigenvalue weighted by molar-refractivity contribution is -0.141. The number of carboxylic acids is 1. The number of nitrogens with one attached hydrogen (secondary N) is 1. The van der Waals surface area contributed by atoms with Crippen LogP contribution in [0.15, 0.2) is 47.5 Å². The van der Waals surface area contributed by atoms with Crippen LogP contribution in [0.2, 0.25) is 0 Å². The Hall–Kier alpha value is -4.62. The summed E-state index contributed by atoms with van der Waals surface area (Å²) < 4.78 is 1.94. The lowest BCUT2D eigenvalue weighted by Crippen LogP contribution is -2.21. The van der Waals surface area contributed by atoms with Gasteiger partial charge in [0.15, 0.2) is 5.82 Å². The number of aliphatic imine (C=N–C) groups is 1. The highest BCUT2D eigenvalue weighted by molar-refractivity contribution is 7.15. The van der Waals surface area contributed by atoms with E-state index in [2.05, 4.69) is 35.4 Å². The Balaban J connectivity index is 1.63. The molecule has 1 aliphatic heterocycles. The first-order chi connectivity index (χ1) is 18.6. The van der Waals surface area contributed by atoms with E-state index in [0.29, 0.717) is 28.6 Å². The number of rotatable bonds is 5. The van der Waals surface area contributed by atoms with Gasteiger partial charge >= 0.3 is 5.97 Å². The van der Waals surface area contributed by atoms with Gasteiger partial charge in [-0.3, -0.25) is 19.1 Å². The summed E-state index contributed by atoms with van der Waals surface area (Å²) in [5, 5.41) is 31.7. The lowest BCUT2D eigenvalue weighted by Gasteiger charge is -2.16. The molecule has 39 heavy (non-hydrogen) atoms. The fourth-order valence-electron chi connectivity index (χ4n) is 4.75. The quantitative estimate of drug-likeness (QED) is 0.351. The second-order valence-electron chi connectivity index (χ2n) is 9.58. The van der Waals surface area contributed by atoms with Crippen LogP contribution >= 0.6 is 11.3 Å². The molecule has 0 fully saturated rings. The van der Waals surface area contributed by atoms with Crippen molar-refractivity contribution in [2.24, 2.45) is 10.9 Å². The minimum Gasteiger partial charge on any atom is -0.481 e. The lowest BCUT2D eigenvalue weighted by atomic mass is 9.96. The van der Waals surface area contributed by atoms with Gasteiger partial charge in [0.05, 0.1) is 22.9 Å². The highest BCUT2D eigenvalue weighted by atomic mass is 32.1. The molecular formula is C29H26N6O3S. The number of anilines is 1. The van der Waals surface area contributed by atoms with E-state index in [1.807, 2.05) is 41.8 Å². The zero-order valence-corrected chi connectivity index (χ0v) is 22.9. The number of amides is 1. The SMILES string of the molecule is CC(=O)Nc1ccc(-c2ccc(C3=N[C@@H](C(C)C(=O)O)c4nnc(C)n4-c4sc(C)c(C)c43)cc2)cc1C#N.